The summed E-state index contributed by atoms with van der Waals surface area (Å²) in [5.41, 5.74) is 0. The zero-order valence-corrected chi connectivity index (χ0v) is 12.6. The van der Waals surface area contributed by atoms with Crippen LogP contribution >= 0.6 is 0 Å². The van der Waals surface area contributed by atoms with Crippen LogP contribution in [0.25, 0.3) is 0 Å². The molecule has 0 bridgehead atoms. The molecule has 0 fully saturated rings. The van der Waals surface area contributed by atoms with Crippen molar-refractivity contribution in [1.29, 1.82) is 0 Å². The summed E-state index contributed by atoms with van der Waals surface area (Å²) in [5.74, 6) is 3.61. The van der Waals surface area contributed by atoms with Gasteiger partial charge in [-0.3, -0.25) is 0 Å². The molecule has 0 aliphatic carbocycles. The Bertz CT molecular complexity index is 146. The Morgan fingerprint density at radius 3 is 1.62 bits per heavy atom. The summed E-state index contributed by atoms with van der Waals surface area (Å²) >= 11 is 0. The third-order valence-electron chi connectivity index (χ3n) is 3.50. The van der Waals surface area contributed by atoms with Crippen LogP contribution in [0.15, 0.2) is 0 Å². The Hall–Kier alpha value is 0. The summed E-state index contributed by atoms with van der Waals surface area (Å²) in [6.07, 6.45) is 8.55. The molecule has 98 valence electrons. The molecule has 0 radical (unpaired) electrons. The summed E-state index contributed by atoms with van der Waals surface area (Å²) in [7, 11) is 0. The molecule has 0 heteroatoms. The molecular formula is C16H34. The molecule has 2 atom stereocenters. The van der Waals surface area contributed by atoms with Gasteiger partial charge < -0.3 is 0 Å². The third kappa shape index (κ3) is 10.5. The summed E-state index contributed by atoms with van der Waals surface area (Å²) < 4.78 is 0. The lowest BCUT2D eigenvalue weighted by Gasteiger charge is -2.16. The highest BCUT2D eigenvalue weighted by Crippen LogP contribution is 2.21. The predicted molar refractivity (Wildman–Crippen MR) is 75.7 cm³/mol. The van der Waals surface area contributed by atoms with Gasteiger partial charge in [-0.1, -0.05) is 73.6 Å². The molecule has 0 nitrogen and oxygen atoms in total. The van der Waals surface area contributed by atoms with E-state index in [0.29, 0.717) is 0 Å². The smallest absolute Gasteiger partial charge is 0.0440 e. The molecule has 0 aliphatic heterocycles. The monoisotopic (exact) mass is 226 g/mol. The Morgan fingerprint density at radius 2 is 1.12 bits per heavy atom. The van der Waals surface area contributed by atoms with Gasteiger partial charge in [0.15, 0.2) is 0 Å². The lowest BCUT2D eigenvalue weighted by Crippen LogP contribution is -2.02. The fraction of sp³-hybridized carbons (Fsp3) is 1.00. The van der Waals surface area contributed by atoms with Crippen LogP contribution in [-0.4, -0.2) is 0 Å². The molecule has 0 N–H and O–H groups in total. The predicted octanol–water partition coefficient (Wildman–Crippen LogP) is 5.91. The van der Waals surface area contributed by atoms with E-state index in [1.807, 2.05) is 0 Å². The molecule has 0 amide bonds. The summed E-state index contributed by atoms with van der Waals surface area (Å²) in [5, 5.41) is 0. The third-order valence-corrected chi connectivity index (χ3v) is 3.50. The molecule has 0 spiro atoms. The summed E-state index contributed by atoms with van der Waals surface area (Å²) in [6.45, 7) is 14.2. The van der Waals surface area contributed by atoms with E-state index in [2.05, 4.69) is 41.5 Å². The quantitative estimate of drug-likeness (QED) is 0.458. The SMILES string of the molecule is CC(C)CCC(C)CCCC(C)CC(C)C. The summed E-state index contributed by atoms with van der Waals surface area (Å²) in [6, 6.07) is 0. The van der Waals surface area contributed by atoms with Gasteiger partial charge in [0.1, 0.15) is 0 Å². The van der Waals surface area contributed by atoms with Gasteiger partial charge in [0.25, 0.3) is 0 Å². The average Bonchev–Trinajstić information content (AvgIpc) is 2.13. The lowest BCUT2D eigenvalue weighted by atomic mass is 9.90. The maximum absolute atomic E-state index is 2.43. The maximum atomic E-state index is 2.43. The minimum Gasteiger partial charge on any atom is -0.0628 e. The van der Waals surface area contributed by atoms with E-state index in [-0.39, 0.29) is 0 Å². The van der Waals surface area contributed by atoms with Gasteiger partial charge in [0.2, 0.25) is 0 Å². The van der Waals surface area contributed by atoms with Crippen LogP contribution in [-0.2, 0) is 0 Å². The zero-order valence-electron chi connectivity index (χ0n) is 12.6. The van der Waals surface area contributed by atoms with Gasteiger partial charge in [-0.2, -0.15) is 0 Å². The zero-order chi connectivity index (χ0) is 12.6. The first-order valence-electron chi connectivity index (χ1n) is 7.41. The van der Waals surface area contributed by atoms with Crippen molar-refractivity contribution in [2.75, 3.05) is 0 Å². The van der Waals surface area contributed by atoms with Crippen molar-refractivity contribution in [3.63, 3.8) is 0 Å². The van der Waals surface area contributed by atoms with Crippen LogP contribution in [0.3, 0.4) is 0 Å². The van der Waals surface area contributed by atoms with Crippen molar-refractivity contribution >= 4 is 0 Å². The van der Waals surface area contributed by atoms with Crippen molar-refractivity contribution < 1.29 is 0 Å². The molecule has 0 rings (SSSR count). The standard InChI is InChI=1S/C16H34/c1-13(2)10-11-15(5)8-7-9-16(6)12-14(3)4/h13-16H,7-12H2,1-6H3. The van der Waals surface area contributed by atoms with E-state index < -0.39 is 0 Å². The first-order chi connectivity index (χ1) is 7.41. The van der Waals surface area contributed by atoms with Gasteiger partial charge >= 0.3 is 0 Å². The maximum Gasteiger partial charge on any atom is -0.0440 e. The van der Waals surface area contributed by atoms with Gasteiger partial charge in [0.05, 0.1) is 0 Å². The van der Waals surface area contributed by atoms with Gasteiger partial charge in [0, 0.05) is 0 Å². The highest BCUT2D eigenvalue weighted by atomic mass is 14.1. The second-order valence-electron chi connectivity index (χ2n) is 6.74. The highest BCUT2D eigenvalue weighted by Gasteiger charge is 2.07. The lowest BCUT2D eigenvalue weighted by molar-refractivity contribution is 0.365. The Balaban J connectivity index is 3.42. The molecule has 16 heavy (non-hydrogen) atoms. The molecule has 0 aromatic rings. The van der Waals surface area contributed by atoms with Crippen LogP contribution in [0.4, 0.5) is 0 Å². The van der Waals surface area contributed by atoms with Crippen LogP contribution in [0.2, 0.25) is 0 Å². The van der Waals surface area contributed by atoms with Crippen molar-refractivity contribution in [2.24, 2.45) is 23.7 Å². The van der Waals surface area contributed by atoms with E-state index in [0.717, 1.165) is 23.7 Å². The fourth-order valence-corrected chi connectivity index (χ4v) is 2.50. The first kappa shape index (κ1) is 16.0. The average molecular weight is 226 g/mol. The molecule has 0 aromatic heterocycles. The molecule has 0 heterocycles. The van der Waals surface area contributed by atoms with Crippen LogP contribution in [0.5, 0.6) is 0 Å². The van der Waals surface area contributed by atoms with Crippen molar-refractivity contribution in [1.82, 2.24) is 0 Å². The number of hydrogen-bond donors (Lipinski definition) is 0. The van der Waals surface area contributed by atoms with Crippen molar-refractivity contribution in [3.05, 3.63) is 0 Å². The highest BCUT2D eigenvalue weighted by molar-refractivity contribution is 4.60. The minimum atomic E-state index is 0.869. The molecule has 2 unspecified atom stereocenters. The van der Waals surface area contributed by atoms with Gasteiger partial charge in [-0.05, 0) is 30.1 Å². The normalized spacial score (nSPS) is 15.8. The minimum absolute atomic E-state index is 0.869. The van der Waals surface area contributed by atoms with Crippen LogP contribution in [0.1, 0.15) is 80.1 Å². The molecule has 0 aromatic carbocycles. The van der Waals surface area contributed by atoms with E-state index in [9.17, 15) is 0 Å². The second-order valence-corrected chi connectivity index (χ2v) is 6.74. The van der Waals surface area contributed by atoms with E-state index in [4.69, 9.17) is 0 Å². The van der Waals surface area contributed by atoms with E-state index in [1.54, 1.807) is 0 Å². The first-order valence-corrected chi connectivity index (χ1v) is 7.41. The topological polar surface area (TPSA) is 0 Å². The Morgan fingerprint density at radius 1 is 0.562 bits per heavy atom. The number of hydrogen-bond acceptors (Lipinski definition) is 0. The largest absolute Gasteiger partial charge is 0.0628 e. The fourth-order valence-electron chi connectivity index (χ4n) is 2.50. The number of rotatable bonds is 9. The van der Waals surface area contributed by atoms with Gasteiger partial charge in [-0.25, -0.2) is 0 Å². The molecule has 0 saturated carbocycles. The van der Waals surface area contributed by atoms with Gasteiger partial charge in [-0.15, -0.1) is 0 Å². The van der Waals surface area contributed by atoms with Crippen LogP contribution < -0.4 is 0 Å². The summed E-state index contributed by atoms with van der Waals surface area (Å²) in [4.78, 5) is 0. The Kier molecular flexibility index (Phi) is 9.07. The molecular weight excluding hydrogens is 192 g/mol. The van der Waals surface area contributed by atoms with Crippen LogP contribution in [0, 0.1) is 23.7 Å². The van der Waals surface area contributed by atoms with E-state index in [1.165, 1.54) is 38.5 Å². The van der Waals surface area contributed by atoms with Crippen molar-refractivity contribution in [3.8, 4) is 0 Å². The van der Waals surface area contributed by atoms with Crippen molar-refractivity contribution in [2.45, 2.75) is 80.1 Å². The Labute approximate surface area is 104 Å². The molecule has 0 aliphatic rings. The van der Waals surface area contributed by atoms with E-state index >= 15 is 0 Å². The second kappa shape index (κ2) is 9.07. The molecule has 0 saturated heterocycles.